The van der Waals surface area contributed by atoms with E-state index in [1.54, 1.807) is 0 Å². The van der Waals surface area contributed by atoms with Crippen LogP contribution < -0.4 is 5.73 Å². The van der Waals surface area contributed by atoms with Gasteiger partial charge >= 0.3 is 0 Å². The maximum Gasteiger partial charge on any atom is 0.0633 e. The molecular formula is C20H37NO2S. The van der Waals surface area contributed by atoms with Crippen LogP contribution in [0.15, 0.2) is 17.5 Å². The quantitative estimate of drug-likeness (QED) is 0.378. The molecule has 0 aliphatic rings. The molecular weight excluding hydrogens is 318 g/mol. The summed E-state index contributed by atoms with van der Waals surface area (Å²) in [5, 5.41) is 20.4. The molecule has 0 aromatic carbocycles. The Morgan fingerprint density at radius 1 is 0.792 bits per heavy atom. The van der Waals surface area contributed by atoms with Gasteiger partial charge in [0, 0.05) is 4.88 Å². The van der Waals surface area contributed by atoms with Crippen LogP contribution in [-0.4, -0.2) is 29.0 Å². The normalized spacial score (nSPS) is 12.0. The number of hydrogen-bond donors (Lipinski definition) is 3. The summed E-state index contributed by atoms with van der Waals surface area (Å²) in [5.74, 6) is 0. The van der Waals surface area contributed by atoms with E-state index in [1.807, 2.05) is 11.3 Å². The molecule has 4 heteroatoms. The zero-order valence-corrected chi connectivity index (χ0v) is 16.0. The lowest BCUT2D eigenvalue weighted by molar-refractivity contribution is 0.112. The molecule has 0 aliphatic carbocycles. The Kier molecular flexibility index (Phi) is 12.5. The minimum atomic E-state index is -0.774. The first-order valence-electron chi connectivity index (χ1n) is 9.73. The van der Waals surface area contributed by atoms with Gasteiger partial charge < -0.3 is 15.9 Å². The van der Waals surface area contributed by atoms with Crippen LogP contribution in [0.25, 0.3) is 0 Å². The zero-order valence-electron chi connectivity index (χ0n) is 15.2. The van der Waals surface area contributed by atoms with Crippen molar-refractivity contribution >= 4 is 11.3 Å². The fourth-order valence-corrected chi connectivity index (χ4v) is 3.78. The van der Waals surface area contributed by atoms with Gasteiger partial charge in [0.05, 0.1) is 18.8 Å². The minimum absolute atomic E-state index is 0.128. The van der Waals surface area contributed by atoms with E-state index in [1.165, 1.54) is 69.1 Å². The van der Waals surface area contributed by atoms with Crippen molar-refractivity contribution in [3.63, 3.8) is 0 Å². The highest BCUT2D eigenvalue weighted by Gasteiger charge is 2.21. The van der Waals surface area contributed by atoms with Crippen molar-refractivity contribution in [2.75, 3.05) is 13.2 Å². The molecule has 3 nitrogen and oxygen atoms in total. The molecule has 0 saturated heterocycles. The van der Waals surface area contributed by atoms with Crippen LogP contribution in [0.4, 0.5) is 0 Å². The number of rotatable bonds is 16. The van der Waals surface area contributed by atoms with Gasteiger partial charge in [-0.3, -0.25) is 0 Å². The topological polar surface area (TPSA) is 66.5 Å². The lowest BCUT2D eigenvalue weighted by Crippen LogP contribution is -2.47. The van der Waals surface area contributed by atoms with Crippen LogP contribution in [0.3, 0.4) is 0 Å². The Morgan fingerprint density at radius 2 is 1.29 bits per heavy atom. The van der Waals surface area contributed by atoms with E-state index in [0.717, 1.165) is 12.8 Å². The summed E-state index contributed by atoms with van der Waals surface area (Å²) >= 11 is 1.88. The standard InChI is InChI=1S/C20H37NO2S/c21-20(17-22,18-23)15-11-9-7-5-3-1-2-4-6-8-10-13-19-14-12-16-24-19/h12,14,16,22-23H,1-11,13,15,17-18,21H2. The van der Waals surface area contributed by atoms with Crippen LogP contribution in [0, 0.1) is 0 Å². The number of hydrogen-bond acceptors (Lipinski definition) is 4. The number of thiophene rings is 1. The van der Waals surface area contributed by atoms with Crippen LogP contribution in [0.2, 0.25) is 0 Å². The Hall–Kier alpha value is -0.420. The minimum Gasteiger partial charge on any atom is -0.394 e. The monoisotopic (exact) mass is 355 g/mol. The molecule has 1 aromatic rings. The Labute approximate surface area is 152 Å². The molecule has 4 N–H and O–H groups in total. The second-order valence-corrected chi connectivity index (χ2v) is 8.18. The van der Waals surface area contributed by atoms with E-state index in [4.69, 9.17) is 15.9 Å². The number of aliphatic hydroxyl groups is 2. The van der Waals surface area contributed by atoms with E-state index in [9.17, 15) is 0 Å². The highest BCUT2D eigenvalue weighted by Crippen LogP contribution is 2.16. The van der Waals surface area contributed by atoms with E-state index >= 15 is 0 Å². The molecule has 0 fully saturated rings. The average molecular weight is 356 g/mol. The third-order valence-corrected chi connectivity index (χ3v) is 5.74. The molecule has 1 aromatic heterocycles. The molecule has 140 valence electrons. The van der Waals surface area contributed by atoms with Crippen molar-refractivity contribution in [3.8, 4) is 0 Å². The molecule has 1 heterocycles. The highest BCUT2D eigenvalue weighted by molar-refractivity contribution is 7.09. The second kappa shape index (κ2) is 13.8. The summed E-state index contributed by atoms with van der Waals surface area (Å²) in [5.41, 5.74) is 5.08. The van der Waals surface area contributed by atoms with Crippen molar-refractivity contribution in [1.29, 1.82) is 0 Å². The van der Waals surface area contributed by atoms with Gasteiger partial charge in [0.1, 0.15) is 0 Å². The first kappa shape index (κ1) is 21.6. The molecule has 0 saturated carbocycles. The average Bonchev–Trinajstić information content (AvgIpc) is 3.12. The third kappa shape index (κ3) is 10.4. The molecule has 24 heavy (non-hydrogen) atoms. The van der Waals surface area contributed by atoms with E-state index in [2.05, 4.69) is 17.5 Å². The predicted octanol–water partition coefficient (Wildman–Crippen LogP) is 4.65. The summed E-state index contributed by atoms with van der Waals surface area (Å²) in [4.78, 5) is 1.53. The van der Waals surface area contributed by atoms with Crippen LogP contribution in [-0.2, 0) is 6.42 Å². The summed E-state index contributed by atoms with van der Waals surface area (Å²) in [6, 6.07) is 4.39. The largest absolute Gasteiger partial charge is 0.394 e. The molecule has 0 radical (unpaired) electrons. The second-order valence-electron chi connectivity index (χ2n) is 7.15. The van der Waals surface area contributed by atoms with Gasteiger partial charge in [-0.25, -0.2) is 0 Å². The Morgan fingerprint density at radius 3 is 1.75 bits per heavy atom. The molecule has 0 amide bonds. The van der Waals surface area contributed by atoms with Crippen molar-refractivity contribution in [2.24, 2.45) is 5.73 Å². The van der Waals surface area contributed by atoms with Crippen molar-refractivity contribution in [1.82, 2.24) is 0 Å². The summed E-state index contributed by atoms with van der Waals surface area (Å²) in [6.07, 6.45) is 16.2. The molecule has 1 rings (SSSR count). The van der Waals surface area contributed by atoms with E-state index < -0.39 is 5.54 Å². The predicted molar refractivity (Wildman–Crippen MR) is 105 cm³/mol. The maximum absolute atomic E-state index is 9.13. The molecule has 0 unspecified atom stereocenters. The molecule has 0 atom stereocenters. The highest BCUT2D eigenvalue weighted by atomic mass is 32.1. The van der Waals surface area contributed by atoms with Gasteiger partial charge in [0.25, 0.3) is 0 Å². The smallest absolute Gasteiger partial charge is 0.0633 e. The number of nitrogens with two attached hydrogens (primary N) is 1. The fraction of sp³-hybridized carbons (Fsp3) is 0.800. The molecule has 0 bridgehead atoms. The maximum atomic E-state index is 9.13. The SMILES string of the molecule is NC(CO)(CO)CCCCCCCCCCCCCc1cccs1. The van der Waals surface area contributed by atoms with Crippen LogP contribution in [0.5, 0.6) is 0 Å². The fourth-order valence-electron chi connectivity index (χ4n) is 3.03. The van der Waals surface area contributed by atoms with Gasteiger partial charge in [-0.05, 0) is 30.7 Å². The Bertz CT molecular complexity index is 377. The number of aryl methyl sites for hydroxylation is 1. The summed E-state index contributed by atoms with van der Waals surface area (Å²) in [7, 11) is 0. The van der Waals surface area contributed by atoms with Crippen molar-refractivity contribution < 1.29 is 10.2 Å². The molecule has 0 aliphatic heterocycles. The zero-order chi connectivity index (χ0) is 17.5. The van der Waals surface area contributed by atoms with Gasteiger partial charge in [-0.1, -0.05) is 70.3 Å². The van der Waals surface area contributed by atoms with Gasteiger partial charge in [-0.2, -0.15) is 0 Å². The van der Waals surface area contributed by atoms with Crippen LogP contribution in [0.1, 0.15) is 81.9 Å². The Balaban J connectivity index is 1.77. The van der Waals surface area contributed by atoms with Crippen LogP contribution >= 0.6 is 11.3 Å². The van der Waals surface area contributed by atoms with Crippen molar-refractivity contribution in [3.05, 3.63) is 22.4 Å². The first-order valence-corrected chi connectivity index (χ1v) is 10.6. The number of unbranched alkanes of at least 4 members (excludes halogenated alkanes) is 10. The van der Waals surface area contributed by atoms with E-state index in [-0.39, 0.29) is 13.2 Å². The summed E-state index contributed by atoms with van der Waals surface area (Å²) in [6.45, 7) is -0.256. The third-order valence-electron chi connectivity index (χ3n) is 4.81. The molecule has 0 spiro atoms. The van der Waals surface area contributed by atoms with Gasteiger partial charge in [0.15, 0.2) is 0 Å². The first-order chi connectivity index (χ1) is 11.7. The lowest BCUT2D eigenvalue weighted by atomic mass is 9.94. The summed E-state index contributed by atoms with van der Waals surface area (Å²) < 4.78 is 0. The van der Waals surface area contributed by atoms with Crippen molar-refractivity contribution in [2.45, 2.75) is 89.0 Å². The number of aliphatic hydroxyl groups excluding tert-OH is 2. The van der Waals surface area contributed by atoms with E-state index in [0.29, 0.717) is 6.42 Å². The van der Waals surface area contributed by atoms with Gasteiger partial charge in [-0.15, -0.1) is 11.3 Å². The lowest BCUT2D eigenvalue weighted by Gasteiger charge is -2.24. The van der Waals surface area contributed by atoms with Gasteiger partial charge in [0.2, 0.25) is 0 Å².